The molecule has 0 spiro atoms. The zero-order valence-corrected chi connectivity index (χ0v) is 19.7. The molecule has 5 nitrogen and oxygen atoms in total. The van der Waals surface area contributed by atoms with Gasteiger partial charge in [-0.05, 0) is 93.4 Å². The lowest BCUT2D eigenvalue weighted by atomic mass is 9.83. The van der Waals surface area contributed by atoms with E-state index in [0.717, 1.165) is 30.0 Å². The van der Waals surface area contributed by atoms with Gasteiger partial charge in [0.15, 0.2) is 0 Å². The Morgan fingerprint density at radius 3 is 2.47 bits per heavy atom. The molecule has 2 aliphatic heterocycles. The van der Waals surface area contributed by atoms with Crippen LogP contribution in [0.5, 0.6) is 17.2 Å². The fraction of sp³-hybridized carbons (Fsp3) is 0.310. The summed E-state index contributed by atoms with van der Waals surface area (Å²) < 4.78 is 12.3. The van der Waals surface area contributed by atoms with Crippen LogP contribution in [0.15, 0.2) is 72.8 Å². The smallest absolute Gasteiger partial charge is 0.262 e. The van der Waals surface area contributed by atoms with Crippen molar-refractivity contribution in [1.29, 1.82) is 0 Å². The van der Waals surface area contributed by atoms with Crippen LogP contribution in [0.25, 0.3) is 11.1 Å². The molecule has 2 atom stereocenters. The van der Waals surface area contributed by atoms with Crippen LogP contribution in [-0.4, -0.2) is 40.9 Å². The van der Waals surface area contributed by atoms with Crippen LogP contribution in [0, 0.1) is 0 Å². The van der Waals surface area contributed by atoms with Crippen molar-refractivity contribution < 1.29 is 19.7 Å². The van der Waals surface area contributed by atoms with E-state index in [4.69, 9.17) is 9.47 Å². The normalized spacial score (nSPS) is 21.1. The Hall–Kier alpha value is -3.28. The molecule has 34 heavy (non-hydrogen) atoms. The molecular weight excluding hydrogens is 426 g/mol. The number of aliphatic hydroxyl groups is 1. The first-order valence-electron chi connectivity index (χ1n) is 11.9. The minimum atomic E-state index is -1.71. The van der Waals surface area contributed by atoms with Crippen molar-refractivity contribution in [3.8, 4) is 17.2 Å². The highest BCUT2D eigenvalue weighted by Crippen LogP contribution is 2.49. The van der Waals surface area contributed by atoms with E-state index in [9.17, 15) is 10.2 Å². The topological polar surface area (TPSA) is 62.2 Å². The van der Waals surface area contributed by atoms with Crippen molar-refractivity contribution in [2.24, 2.45) is 0 Å². The SMILES string of the molecule is CC1=C(c2cccc(O)c2)C(O)(c2ccc(OCC(C)N3CCCC3)cc2)Oc2ccccc21. The minimum absolute atomic E-state index is 0.134. The van der Waals surface area contributed by atoms with E-state index in [1.54, 1.807) is 18.2 Å². The van der Waals surface area contributed by atoms with Crippen molar-refractivity contribution in [2.45, 2.75) is 38.5 Å². The first-order valence-corrected chi connectivity index (χ1v) is 11.9. The Morgan fingerprint density at radius 2 is 1.74 bits per heavy atom. The van der Waals surface area contributed by atoms with Crippen LogP contribution < -0.4 is 9.47 Å². The average molecular weight is 458 g/mol. The van der Waals surface area contributed by atoms with Gasteiger partial charge in [-0.2, -0.15) is 0 Å². The van der Waals surface area contributed by atoms with Crippen molar-refractivity contribution >= 4 is 11.1 Å². The third kappa shape index (κ3) is 4.17. The first-order chi connectivity index (χ1) is 16.5. The van der Waals surface area contributed by atoms with Gasteiger partial charge >= 0.3 is 0 Å². The number of benzene rings is 3. The Kier molecular flexibility index (Phi) is 6.07. The van der Waals surface area contributed by atoms with Crippen molar-refractivity contribution in [3.63, 3.8) is 0 Å². The van der Waals surface area contributed by atoms with Gasteiger partial charge in [0.1, 0.15) is 23.9 Å². The number of phenols is 1. The summed E-state index contributed by atoms with van der Waals surface area (Å²) in [6.07, 6.45) is 2.52. The molecule has 0 saturated carbocycles. The summed E-state index contributed by atoms with van der Waals surface area (Å²) in [5.41, 5.74) is 3.73. The second-order valence-corrected chi connectivity index (χ2v) is 9.22. The summed E-state index contributed by atoms with van der Waals surface area (Å²) in [6, 6.07) is 22.4. The van der Waals surface area contributed by atoms with Gasteiger partial charge in [-0.1, -0.05) is 30.3 Å². The number of ether oxygens (including phenoxy) is 2. The van der Waals surface area contributed by atoms with E-state index in [1.807, 2.05) is 61.5 Å². The molecule has 0 bridgehead atoms. The van der Waals surface area contributed by atoms with Crippen LogP contribution >= 0.6 is 0 Å². The molecule has 1 fully saturated rings. The van der Waals surface area contributed by atoms with E-state index >= 15 is 0 Å². The number of para-hydroxylation sites is 1. The molecule has 1 saturated heterocycles. The monoisotopic (exact) mass is 457 g/mol. The van der Waals surface area contributed by atoms with Crippen LogP contribution in [0.4, 0.5) is 0 Å². The molecule has 0 radical (unpaired) electrons. The maximum atomic E-state index is 12.0. The van der Waals surface area contributed by atoms with E-state index in [2.05, 4.69) is 11.8 Å². The average Bonchev–Trinajstić information content (AvgIpc) is 3.38. The highest BCUT2D eigenvalue weighted by molar-refractivity contribution is 5.96. The summed E-state index contributed by atoms with van der Waals surface area (Å²) in [5.74, 6) is -0.205. The summed E-state index contributed by atoms with van der Waals surface area (Å²) in [6.45, 7) is 7.08. The Labute approximate surface area is 200 Å². The number of hydrogen-bond acceptors (Lipinski definition) is 5. The summed E-state index contributed by atoms with van der Waals surface area (Å²) in [5, 5.41) is 22.1. The van der Waals surface area contributed by atoms with Crippen LogP contribution in [0.2, 0.25) is 0 Å². The predicted octanol–water partition coefficient (Wildman–Crippen LogP) is 5.42. The van der Waals surface area contributed by atoms with Gasteiger partial charge < -0.3 is 19.7 Å². The van der Waals surface area contributed by atoms with Crippen molar-refractivity contribution in [2.75, 3.05) is 19.7 Å². The zero-order chi connectivity index (χ0) is 23.7. The largest absolute Gasteiger partial charge is 0.508 e. The summed E-state index contributed by atoms with van der Waals surface area (Å²) in [4.78, 5) is 2.46. The molecule has 3 aromatic carbocycles. The van der Waals surface area contributed by atoms with Gasteiger partial charge in [-0.25, -0.2) is 0 Å². The molecule has 2 heterocycles. The number of hydrogen-bond donors (Lipinski definition) is 2. The second kappa shape index (κ2) is 9.16. The minimum Gasteiger partial charge on any atom is -0.508 e. The van der Waals surface area contributed by atoms with Gasteiger partial charge in [0, 0.05) is 22.7 Å². The predicted molar refractivity (Wildman–Crippen MR) is 134 cm³/mol. The quantitative estimate of drug-likeness (QED) is 0.517. The highest BCUT2D eigenvalue weighted by atomic mass is 16.6. The Bertz CT molecular complexity index is 1200. The van der Waals surface area contributed by atoms with Crippen molar-refractivity contribution in [3.05, 3.63) is 89.5 Å². The van der Waals surface area contributed by atoms with E-state index < -0.39 is 5.79 Å². The van der Waals surface area contributed by atoms with Crippen LogP contribution in [0.1, 0.15) is 43.4 Å². The molecule has 0 aromatic heterocycles. The number of phenolic OH excluding ortho intramolecular Hbond substituents is 1. The number of allylic oxidation sites excluding steroid dienone is 1. The maximum absolute atomic E-state index is 12.0. The molecule has 176 valence electrons. The number of likely N-dealkylation sites (tertiary alicyclic amines) is 1. The van der Waals surface area contributed by atoms with Gasteiger partial charge in [-0.15, -0.1) is 0 Å². The number of nitrogens with zero attached hydrogens (tertiary/aromatic N) is 1. The number of fused-ring (bicyclic) bond motifs is 1. The molecule has 0 aliphatic carbocycles. The molecule has 2 aliphatic rings. The van der Waals surface area contributed by atoms with Crippen LogP contribution in [0.3, 0.4) is 0 Å². The van der Waals surface area contributed by atoms with E-state index in [-0.39, 0.29) is 5.75 Å². The standard InChI is InChI=1S/C29H31NO4/c1-20(30-16-5-6-17-30)19-33-25-14-12-23(13-15-25)29(32)28(22-8-7-9-24(31)18-22)21(2)26-10-3-4-11-27(26)34-29/h3-4,7-15,18,20,31-32H,5-6,16-17,19H2,1-2H3. The van der Waals surface area contributed by atoms with Gasteiger partial charge in [0.2, 0.25) is 0 Å². The van der Waals surface area contributed by atoms with Gasteiger partial charge in [0.05, 0.1) is 0 Å². The van der Waals surface area contributed by atoms with Crippen LogP contribution in [-0.2, 0) is 5.79 Å². The summed E-state index contributed by atoms with van der Waals surface area (Å²) >= 11 is 0. The molecular formula is C29H31NO4. The first kappa shape index (κ1) is 22.5. The molecule has 5 heteroatoms. The van der Waals surface area contributed by atoms with Gasteiger partial charge in [-0.3, -0.25) is 4.90 Å². The molecule has 5 rings (SSSR count). The third-order valence-electron chi connectivity index (χ3n) is 6.90. The zero-order valence-electron chi connectivity index (χ0n) is 19.7. The Morgan fingerprint density at radius 1 is 1.00 bits per heavy atom. The summed E-state index contributed by atoms with van der Waals surface area (Å²) in [7, 11) is 0. The highest BCUT2D eigenvalue weighted by Gasteiger charge is 2.42. The maximum Gasteiger partial charge on any atom is 0.262 e. The number of rotatable bonds is 6. The van der Waals surface area contributed by atoms with E-state index in [1.165, 1.54) is 12.8 Å². The second-order valence-electron chi connectivity index (χ2n) is 9.22. The lowest BCUT2D eigenvalue weighted by molar-refractivity contribution is -0.0929. The fourth-order valence-corrected chi connectivity index (χ4v) is 5.02. The van der Waals surface area contributed by atoms with Gasteiger partial charge in [0.25, 0.3) is 5.79 Å². The number of aromatic hydroxyl groups is 1. The molecule has 0 amide bonds. The molecule has 3 aromatic rings. The third-order valence-corrected chi connectivity index (χ3v) is 6.90. The lowest BCUT2D eigenvalue weighted by Crippen LogP contribution is -2.37. The van der Waals surface area contributed by atoms with Crippen molar-refractivity contribution in [1.82, 2.24) is 4.90 Å². The molecule has 2 unspecified atom stereocenters. The Balaban J connectivity index is 1.47. The lowest BCUT2D eigenvalue weighted by Gasteiger charge is -2.38. The fourth-order valence-electron chi connectivity index (χ4n) is 5.02. The molecule has 2 N–H and O–H groups in total. The van der Waals surface area contributed by atoms with E-state index in [0.29, 0.717) is 35.1 Å².